The molecule has 0 aliphatic rings. The zero-order valence-corrected chi connectivity index (χ0v) is 14.5. The number of rotatable bonds is 15. The van der Waals surface area contributed by atoms with Crippen molar-refractivity contribution in [2.75, 3.05) is 0 Å². The first-order valence-electron chi connectivity index (χ1n) is 9.21. The monoisotopic (exact) mass is 295 g/mol. The number of carbonyl (C=O) groups excluding carboxylic acids is 1. The SMILES string of the molecule is CCCCCCCCC=C(CCCCCCCC)C(N)=O. The largest absolute Gasteiger partial charge is 0.366 e. The smallest absolute Gasteiger partial charge is 0.244 e. The Hall–Kier alpha value is -0.790. The van der Waals surface area contributed by atoms with E-state index in [-0.39, 0.29) is 5.91 Å². The molecule has 0 heterocycles. The van der Waals surface area contributed by atoms with E-state index in [2.05, 4.69) is 19.9 Å². The Bertz CT molecular complexity index is 271. The zero-order valence-electron chi connectivity index (χ0n) is 14.5. The highest BCUT2D eigenvalue weighted by atomic mass is 16.1. The van der Waals surface area contributed by atoms with Gasteiger partial charge in [0, 0.05) is 5.57 Å². The number of unbranched alkanes of at least 4 members (excludes halogenated alkanes) is 11. The van der Waals surface area contributed by atoms with Crippen LogP contribution in [0.5, 0.6) is 0 Å². The van der Waals surface area contributed by atoms with Gasteiger partial charge in [-0.2, -0.15) is 0 Å². The standard InChI is InChI=1S/C19H37NO/c1-3-5-7-9-11-13-15-17-18(19(20)21)16-14-12-10-8-6-4-2/h17H,3-16H2,1-2H3,(H2,20,21). The van der Waals surface area contributed by atoms with Crippen molar-refractivity contribution in [2.45, 2.75) is 104 Å². The van der Waals surface area contributed by atoms with Crippen LogP contribution >= 0.6 is 0 Å². The summed E-state index contributed by atoms with van der Waals surface area (Å²) in [5, 5.41) is 0. The van der Waals surface area contributed by atoms with E-state index in [4.69, 9.17) is 5.73 Å². The van der Waals surface area contributed by atoms with E-state index in [1.165, 1.54) is 70.6 Å². The van der Waals surface area contributed by atoms with Crippen LogP contribution in [0.25, 0.3) is 0 Å². The average Bonchev–Trinajstić information content (AvgIpc) is 2.47. The minimum atomic E-state index is -0.213. The van der Waals surface area contributed by atoms with E-state index < -0.39 is 0 Å². The Balaban J connectivity index is 3.69. The Morgan fingerprint density at radius 3 is 1.76 bits per heavy atom. The third-order valence-corrected chi connectivity index (χ3v) is 4.06. The van der Waals surface area contributed by atoms with Crippen molar-refractivity contribution >= 4 is 5.91 Å². The first-order chi connectivity index (χ1) is 10.2. The third-order valence-electron chi connectivity index (χ3n) is 4.06. The van der Waals surface area contributed by atoms with Crippen molar-refractivity contribution in [3.05, 3.63) is 11.6 Å². The predicted octanol–water partition coefficient (Wildman–Crippen LogP) is 5.90. The van der Waals surface area contributed by atoms with E-state index in [1.54, 1.807) is 0 Å². The lowest BCUT2D eigenvalue weighted by molar-refractivity contribution is -0.114. The van der Waals surface area contributed by atoms with Gasteiger partial charge in [-0.1, -0.05) is 84.1 Å². The fourth-order valence-corrected chi connectivity index (χ4v) is 2.62. The summed E-state index contributed by atoms with van der Waals surface area (Å²) in [6.45, 7) is 4.47. The molecule has 21 heavy (non-hydrogen) atoms. The van der Waals surface area contributed by atoms with Crippen molar-refractivity contribution in [2.24, 2.45) is 5.73 Å². The second-order valence-corrected chi connectivity index (χ2v) is 6.17. The summed E-state index contributed by atoms with van der Waals surface area (Å²) < 4.78 is 0. The van der Waals surface area contributed by atoms with Crippen LogP contribution in [0.3, 0.4) is 0 Å². The topological polar surface area (TPSA) is 43.1 Å². The lowest BCUT2D eigenvalue weighted by Crippen LogP contribution is -2.14. The number of amides is 1. The molecule has 0 radical (unpaired) electrons. The van der Waals surface area contributed by atoms with Crippen LogP contribution < -0.4 is 5.73 Å². The van der Waals surface area contributed by atoms with Crippen LogP contribution in [-0.4, -0.2) is 5.91 Å². The molecular formula is C19H37NO. The second-order valence-electron chi connectivity index (χ2n) is 6.17. The van der Waals surface area contributed by atoms with Crippen LogP contribution in [0, 0.1) is 0 Å². The maximum Gasteiger partial charge on any atom is 0.244 e. The number of hydrogen-bond donors (Lipinski definition) is 1. The number of carbonyl (C=O) groups is 1. The van der Waals surface area contributed by atoms with Gasteiger partial charge in [0.25, 0.3) is 0 Å². The molecule has 0 spiro atoms. The maximum absolute atomic E-state index is 11.4. The lowest BCUT2D eigenvalue weighted by Gasteiger charge is -2.04. The van der Waals surface area contributed by atoms with Crippen molar-refractivity contribution < 1.29 is 4.79 Å². The molecule has 2 heteroatoms. The highest BCUT2D eigenvalue weighted by Gasteiger charge is 2.04. The quantitative estimate of drug-likeness (QED) is 0.296. The molecule has 0 aromatic carbocycles. The van der Waals surface area contributed by atoms with E-state index in [0.29, 0.717) is 0 Å². The molecule has 0 unspecified atom stereocenters. The zero-order chi connectivity index (χ0) is 15.8. The molecule has 0 atom stereocenters. The molecule has 2 nitrogen and oxygen atoms in total. The van der Waals surface area contributed by atoms with Gasteiger partial charge in [0.05, 0.1) is 0 Å². The first kappa shape index (κ1) is 20.2. The number of hydrogen-bond acceptors (Lipinski definition) is 1. The average molecular weight is 296 g/mol. The molecule has 124 valence electrons. The van der Waals surface area contributed by atoms with Gasteiger partial charge in [-0.25, -0.2) is 0 Å². The molecule has 0 rings (SSSR count). The summed E-state index contributed by atoms with van der Waals surface area (Å²) in [5.74, 6) is -0.213. The van der Waals surface area contributed by atoms with Crippen molar-refractivity contribution in [3.8, 4) is 0 Å². The molecule has 2 N–H and O–H groups in total. The summed E-state index contributed by atoms with van der Waals surface area (Å²) in [4.78, 5) is 11.4. The van der Waals surface area contributed by atoms with Crippen LogP contribution in [0.1, 0.15) is 104 Å². The third kappa shape index (κ3) is 13.9. The number of allylic oxidation sites excluding steroid dienone is 1. The van der Waals surface area contributed by atoms with Crippen LogP contribution in [0.4, 0.5) is 0 Å². The lowest BCUT2D eigenvalue weighted by atomic mass is 10.0. The maximum atomic E-state index is 11.4. The molecule has 0 aliphatic heterocycles. The van der Waals surface area contributed by atoms with Crippen LogP contribution in [0.2, 0.25) is 0 Å². The van der Waals surface area contributed by atoms with E-state index in [9.17, 15) is 4.79 Å². The minimum Gasteiger partial charge on any atom is -0.366 e. The van der Waals surface area contributed by atoms with Gasteiger partial charge in [0.1, 0.15) is 0 Å². The van der Waals surface area contributed by atoms with Crippen molar-refractivity contribution in [1.29, 1.82) is 0 Å². The Kier molecular flexibility index (Phi) is 15.0. The number of nitrogens with two attached hydrogens (primary N) is 1. The van der Waals surface area contributed by atoms with Crippen molar-refractivity contribution in [1.82, 2.24) is 0 Å². The van der Waals surface area contributed by atoms with E-state index in [0.717, 1.165) is 24.8 Å². The molecule has 0 bridgehead atoms. The van der Waals surface area contributed by atoms with Gasteiger partial charge in [0.2, 0.25) is 5.91 Å². The molecule has 1 amide bonds. The molecule has 0 fully saturated rings. The molecule has 0 aliphatic carbocycles. The highest BCUT2D eigenvalue weighted by molar-refractivity contribution is 5.91. The summed E-state index contributed by atoms with van der Waals surface area (Å²) in [5.41, 5.74) is 6.33. The highest BCUT2D eigenvalue weighted by Crippen LogP contribution is 2.14. The second kappa shape index (κ2) is 15.6. The Morgan fingerprint density at radius 1 is 0.762 bits per heavy atom. The molecule has 0 saturated heterocycles. The van der Waals surface area contributed by atoms with Gasteiger partial charge >= 0.3 is 0 Å². The minimum absolute atomic E-state index is 0.213. The van der Waals surface area contributed by atoms with Gasteiger partial charge < -0.3 is 5.73 Å². The Labute approximate surface area is 132 Å². The van der Waals surface area contributed by atoms with Gasteiger partial charge in [-0.3, -0.25) is 4.79 Å². The fourth-order valence-electron chi connectivity index (χ4n) is 2.62. The number of primary amides is 1. The van der Waals surface area contributed by atoms with E-state index >= 15 is 0 Å². The van der Waals surface area contributed by atoms with E-state index in [1.807, 2.05) is 0 Å². The summed E-state index contributed by atoms with van der Waals surface area (Å²) in [6, 6.07) is 0. The van der Waals surface area contributed by atoms with Crippen LogP contribution in [-0.2, 0) is 4.79 Å². The predicted molar refractivity (Wildman–Crippen MR) is 93.3 cm³/mol. The van der Waals surface area contributed by atoms with Crippen LogP contribution in [0.15, 0.2) is 11.6 Å². The summed E-state index contributed by atoms with van der Waals surface area (Å²) in [7, 11) is 0. The normalized spacial score (nSPS) is 11.8. The first-order valence-corrected chi connectivity index (χ1v) is 9.21. The van der Waals surface area contributed by atoms with Gasteiger partial charge in [0.15, 0.2) is 0 Å². The van der Waals surface area contributed by atoms with Gasteiger partial charge in [-0.15, -0.1) is 0 Å². The molecule has 0 aromatic rings. The fraction of sp³-hybridized carbons (Fsp3) is 0.842. The van der Waals surface area contributed by atoms with Gasteiger partial charge in [-0.05, 0) is 25.7 Å². The molecular weight excluding hydrogens is 258 g/mol. The van der Waals surface area contributed by atoms with Crippen molar-refractivity contribution in [3.63, 3.8) is 0 Å². The summed E-state index contributed by atoms with van der Waals surface area (Å²) >= 11 is 0. The molecule has 0 saturated carbocycles. The molecule has 0 aromatic heterocycles. The Morgan fingerprint density at radius 2 is 1.24 bits per heavy atom. The summed E-state index contributed by atoms with van der Waals surface area (Å²) in [6.07, 6.45) is 19.3.